The summed E-state index contributed by atoms with van der Waals surface area (Å²) in [7, 11) is 0. The van der Waals surface area contributed by atoms with Crippen molar-refractivity contribution in [3.8, 4) is 0 Å². The quantitative estimate of drug-likeness (QED) is 0.946. The second-order valence-corrected chi connectivity index (χ2v) is 5.60. The SMILES string of the molecule is Cc1ccc(NC(=O)c2cccnc2N2CCCCC2)nc1. The van der Waals surface area contributed by atoms with E-state index in [0.29, 0.717) is 11.4 Å². The topological polar surface area (TPSA) is 58.1 Å². The molecule has 22 heavy (non-hydrogen) atoms. The number of aromatic nitrogens is 2. The lowest BCUT2D eigenvalue weighted by molar-refractivity contribution is 0.102. The predicted molar refractivity (Wildman–Crippen MR) is 87.2 cm³/mol. The zero-order valence-corrected chi connectivity index (χ0v) is 12.7. The van der Waals surface area contributed by atoms with E-state index in [4.69, 9.17) is 0 Å². The first-order chi connectivity index (χ1) is 10.7. The molecule has 1 fully saturated rings. The van der Waals surface area contributed by atoms with Crippen LogP contribution in [0.2, 0.25) is 0 Å². The summed E-state index contributed by atoms with van der Waals surface area (Å²) in [4.78, 5) is 23.4. The van der Waals surface area contributed by atoms with Crippen molar-refractivity contribution in [1.82, 2.24) is 9.97 Å². The molecule has 0 atom stereocenters. The van der Waals surface area contributed by atoms with E-state index in [0.717, 1.165) is 37.3 Å². The number of carbonyl (C=O) groups excluding carboxylic acids is 1. The lowest BCUT2D eigenvalue weighted by Crippen LogP contribution is -2.32. The van der Waals surface area contributed by atoms with Gasteiger partial charge in [0.1, 0.15) is 11.6 Å². The number of nitrogens with one attached hydrogen (secondary N) is 1. The molecule has 2 aromatic rings. The van der Waals surface area contributed by atoms with Gasteiger partial charge in [-0.25, -0.2) is 9.97 Å². The number of aryl methyl sites for hydroxylation is 1. The van der Waals surface area contributed by atoms with Crippen molar-refractivity contribution in [1.29, 1.82) is 0 Å². The van der Waals surface area contributed by atoms with Crippen LogP contribution in [0.15, 0.2) is 36.7 Å². The maximum Gasteiger partial charge on any atom is 0.260 e. The normalized spacial score (nSPS) is 14.7. The zero-order valence-electron chi connectivity index (χ0n) is 12.7. The Balaban J connectivity index is 1.81. The molecule has 5 nitrogen and oxygen atoms in total. The first kappa shape index (κ1) is 14.5. The third-order valence-corrected chi connectivity index (χ3v) is 3.84. The average Bonchev–Trinajstić information content (AvgIpc) is 2.58. The fraction of sp³-hybridized carbons (Fsp3) is 0.353. The number of hydrogen-bond acceptors (Lipinski definition) is 4. The Kier molecular flexibility index (Phi) is 4.32. The van der Waals surface area contributed by atoms with Gasteiger partial charge in [0.05, 0.1) is 5.56 Å². The van der Waals surface area contributed by atoms with Crippen molar-refractivity contribution in [2.45, 2.75) is 26.2 Å². The largest absolute Gasteiger partial charge is 0.356 e. The Morgan fingerprint density at radius 2 is 1.95 bits per heavy atom. The molecule has 1 amide bonds. The van der Waals surface area contributed by atoms with Crippen LogP contribution in [0, 0.1) is 6.92 Å². The Labute approximate surface area is 130 Å². The van der Waals surface area contributed by atoms with Crippen molar-refractivity contribution in [3.05, 3.63) is 47.8 Å². The number of hydrogen-bond donors (Lipinski definition) is 1. The molecule has 114 valence electrons. The standard InChI is InChI=1S/C17H20N4O/c1-13-7-8-15(19-12-13)20-17(22)14-6-5-9-18-16(14)21-10-3-2-4-11-21/h5-9,12H,2-4,10-11H2,1H3,(H,19,20,22). The molecule has 0 spiro atoms. The van der Waals surface area contributed by atoms with Crippen molar-refractivity contribution in [2.75, 3.05) is 23.3 Å². The Morgan fingerprint density at radius 3 is 2.68 bits per heavy atom. The summed E-state index contributed by atoms with van der Waals surface area (Å²) in [5.74, 6) is 1.17. The van der Waals surface area contributed by atoms with Crippen LogP contribution < -0.4 is 10.2 Å². The van der Waals surface area contributed by atoms with Crippen molar-refractivity contribution in [2.24, 2.45) is 0 Å². The number of pyridine rings is 2. The zero-order chi connectivity index (χ0) is 15.4. The second-order valence-electron chi connectivity index (χ2n) is 5.60. The summed E-state index contributed by atoms with van der Waals surface area (Å²) >= 11 is 0. The molecule has 1 aliphatic heterocycles. The number of piperidine rings is 1. The highest BCUT2D eigenvalue weighted by molar-refractivity contribution is 6.07. The maximum absolute atomic E-state index is 12.5. The third kappa shape index (κ3) is 3.24. The molecule has 1 N–H and O–H groups in total. The van der Waals surface area contributed by atoms with E-state index < -0.39 is 0 Å². The summed E-state index contributed by atoms with van der Waals surface area (Å²) < 4.78 is 0. The predicted octanol–water partition coefficient (Wildman–Crippen LogP) is 3.03. The molecule has 3 rings (SSSR count). The van der Waals surface area contributed by atoms with Crippen LogP contribution in [0.1, 0.15) is 35.2 Å². The van der Waals surface area contributed by atoms with E-state index in [1.165, 1.54) is 6.42 Å². The van der Waals surface area contributed by atoms with E-state index in [9.17, 15) is 4.79 Å². The molecule has 1 aliphatic rings. The third-order valence-electron chi connectivity index (χ3n) is 3.84. The molecule has 0 unspecified atom stereocenters. The fourth-order valence-corrected chi connectivity index (χ4v) is 2.66. The molecular formula is C17H20N4O. The first-order valence-electron chi connectivity index (χ1n) is 7.68. The Hall–Kier alpha value is -2.43. The smallest absolute Gasteiger partial charge is 0.260 e. The van der Waals surface area contributed by atoms with Gasteiger partial charge in [-0.3, -0.25) is 4.79 Å². The van der Waals surface area contributed by atoms with Crippen molar-refractivity contribution in [3.63, 3.8) is 0 Å². The highest BCUT2D eigenvalue weighted by Crippen LogP contribution is 2.22. The van der Waals surface area contributed by atoms with E-state index in [-0.39, 0.29) is 5.91 Å². The number of rotatable bonds is 3. The lowest BCUT2D eigenvalue weighted by atomic mass is 10.1. The molecule has 0 aromatic carbocycles. The molecule has 5 heteroatoms. The van der Waals surface area contributed by atoms with Gasteiger partial charge in [-0.1, -0.05) is 6.07 Å². The lowest BCUT2D eigenvalue weighted by Gasteiger charge is -2.29. The van der Waals surface area contributed by atoms with Crippen LogP contribution in [-0.2, 0) is 0 Å². The Bertz CT molecular complexity index is 648. The van der Waals surface area contributed by atoms with Gasteiger partial charge in [0.15, 0.2) is 0 Å². The number of anilines is 2. The summed E-state index contributed by atoms with van der Waals surface area (Å²) in [6, 6.07) is 7.35. The fourth-order valence-electron chi connectivity index (χ4n) is 2.66. The maximum atomic E-state index is 12.5. The van der Waals surface area contributed by atoms with Crippen LogP contribution in [-0.4, -0.2) is 29.0 Å². The second kappa shape index (κ2) is 6.56. The number of nitrogens with zero attached hydrogens (tertiary/aromatic N) is 3. The Morgan fingerprint density at radius 1 is 1.14 bits per heavy atom. The number of amides is 1. The molecule has 0 saturated carbocycles. The molecule has 3 heterocycles. The van der Waals surface area contributed by atoms with Gasteiger partial charge in [-0.05, 0) is 49.9 Å². The highest BCUT2D eigenvalue weighted by atomic mass is 16.1. The minimum Gasteiger partial charge on any atom is -0.356 e. The first-order valence-corrected chi connectivity index (χ1v) is 7.68. The minimum absolute atomic E-state index is 0.162. The summed E-state index contributed by atoms with van der Waals surface area (Å²) in [6.07, 6.45) is 7.03. The van der Waals surface area contributed by atoms with Gasteiger partial charge in [-0.2, -0.15) is 0 Å². The van der Waals surface area contributed by atoms with Gasteiger partial charge in [0.2, 0.25) is 0 Å². The molecular weight excluding hydrogens is 276 g/mol. The molecule has 0 radical (unpaired) electrons. The van der Waals surface area contributed by atoms with E-state index in [2.05, 4.69) is 20.2 Å². The molecule has 0 bridgehead atoms. The number of carbonyl (C=O) groups is 1. The molecule has 2 aromatic heterocycles. The van der Waals surface area contributed by atoms with Gasteiger partial charge in [0, 0.05) is 25.5 Å². The van der Waals surface area contributed by atoms with Gasteiger partial charge in [0.25, 0.3) is 5.91 Å². The van der Waals surface area contributed by atoms with Gasteiger partial charge in [-0.15, -0.1) is 0 Å². The van der Waals surface area contributed by atoms with Crippen molar-refractivity contribution >= 4 is 17.5 Å². The summed E-state index contributed by atoms with van der Waals surface area (Å²) in [5, 5.41) is 2.85. The molecule has 0 aliphatic carbocycles. The van der Waals surface area contributed by atoms with Crippen LogP contribution in [0.5, 0.6) is 0 Å². The minimum atomic E-state index is -0.162. The monoisotopic (exact) mass is 296 g/mol. The highest BCUT2D eigenvalue weighted by Gasteiger charge is 2.19. The summed E-state index contributed by atoms with van der Waals surface area (Å²) in [5.41, 5.74) is 1.67. The van der Waals surface area contributed by atoms with E-state index in [1.54, 1.807) is 18.5 Å². The van der Waals surface area contributed by atoms with Gasteiger partial charge >= 0.3 is 0 Å². The van der Waals surface area contributed by atoms with Crippen LogP contribution in [0.25, 0.3) is 0 Å². The van der Waals surface area contributed by atoms with E-state index >= 15 is 0 Å². The average molecular weight is 296 g/mol. The van der Waals surface area contributed by atoms with Crippen LogP contribution in [0.3, 0.4) is 0 Å². The van der Waals surface area contributed by atoms with E-state index in [1.807, 2.05) is 25.1 Å². The van der Waals surface area contributed by atoms with Crippen molar-refractivity contribution < 1.29 is 4.79 Å². The summed E-state index contributed by atoms with van der Waals surface area (Å²) in [6.45, 7) is 3.88. The van der Waals surface area contributed by atoms with Gasteiger partial charge < -0.3 is 10.2 Å². The van der Waals surface area contributed by atoms with Crippen LogP contribution >= 0.6 is 0 Å². The van der Waals surface area contributed by atoms with Crippen LogP contribution in [0.4, 0.5) is 11.6 Å². The molecule has 1 saturated heterocycles.